The van der Waals surface area contributed by atoms with Gasteiger partial charge in [-0.25, -0.2) is 0 Å². The van der Waals surface area contributed by atoms with E-state index in [-0.39, 0.29) is 69.3 Å². The van der Waals surface area contributed by atoms with Crippen molar-refractivity contribution < 1.29 is 33.8 Å². The Balaban J connectivity index is 1.10. The second kappa shape index (κ2) is 13.8. The average Bonchev–Trinajstić information content (AvgIpc) is 3.53. The van der Waals surface area contributed by atoms with Crippen LogP contribution in [0.1, 0.15) is 146 Å². The van der Waals surface area contributed by atoms with Crippen LogP contribution in [0.5, 0.6) is 0 Å². The van der Waals surface area contributed by atoms with Crippen molar-refractivity contribution in [2.45, 2.75) is 158 Å². The fourth-order valence-electron chi connectivity index (χ4n) is 15.3. The number of carbonyl (C=O) groups excluding carboxylic acids is 3. The molecule has 7 fully saturated rings. The molecule has 2 amide bonds. The summed E-state index contributed by atoms with van der Waals surface area (Å²) in [7, 11) is 0. The maximum absolute atomic E-state index is 15.0. The summed E-state index contributed by atoms with van der Waals surface area (Å²) in [5.41, 5.74) is -0.595. The quantitative estimate of drug-likeness (QED) is 0.187. The number of ether oxygens (including phenoxy) is 2. The lowest BCUT2D eigenvalue weighted by molar-refractivity contribution is -0.249. The number of nitrogens with zero attached hydrogens (tertiary/aromatic N) is 1. The van der Waals surface area contributed by atoms with Gasteiger partial charge in [0.15, 0.2) is 0 Å². The fourth-order valence-corrected chi connectivity index (χ4v) is 15.3. The molecule has 0 spiro atoms. The Morgan fingerprint density at radius 1 is 0.839 bits per heavy atom. The number of hydrogen-bond donors (Lipinski definition) is 2. The van der Waals surface area contributed by atoms with E-state index in [2.05, 4.69) is 67.3 Å². The average molecular weight is 779 g/mol. The molecule has 9 nitrogen and oxygen atoms in total. The molecule has 314 valence electrons. The number of carboxylic acids is 1. The second-order valence-corrected chi connectivity index (χ2v) is 22.6. The van der Waals surface area contributed by atoms with Crippen molar-refractivity contribution in [3.8, 4) is 0 Å². The minimum absolute atomic E-state index is 0.0119. The minimum atomic E-state index is -1.16. The van der Waals surface area contributed by atoms with Crippen LogP contribution in [0, 0.1) is 73.4 Å². The van der Waals surface area contributed by atoms with Crippen molar-refractivity contribution in [2.24, 2.45) is 73.4 Å². The molecule has 6 aliphatic carbocycles. The summed E-state index contributed by atoms with van der Waals surface area (Å²) < 4.78 is 11.7. The van der Waals surface area contributed by atoms with Gasteiger partial charge < -0.3 is 24.8 Å². The van der Waals surface area contributed by atoms with Gasteiger partial charge in [0, 0.05) is 30.5 Å². The van der Waals surface area contributed by atoms with Crippen molar-refractivity contribution in [1.29, 1.82) is 0 Å². The van der Waals surface area contributed by atoms with Crippen LogP contribution >= 0.6 is 0 Å². The lowest BCUT2D eigenvalue weighted by atomic mass is 9.32. The lowest BCUT2D eigenvalue weighted by Crippen LogP contribution is -2.68. The number of amides is 2. The highest BCUT2D eigenvalue weighted by Gasteiger charge is 2.72. The Hall–Kier alpha value is -2.42. The molecule has 12 unspecified atom stereocenters. The largest absolute Gasteiger partial charge is 0.481 e. The molecule has 1 aliphatic heterocycles. The number of nitrogens with one attached hydrogen (secondary N) is 1. The number of carbonyl (C=O) groups is 4. The molecular weight excluding hydrogens is 705 g/mol. The number of allylic oxidation sites excluding steroid dienone is 1. The Labute approximate surface area is 337 Å². The molecule has 12 atom stereocenters. The van der Waals surface area contributed by atoms with Gasteiger partial charge in [-0.3, -0.25) is 19.2 Å². The molecule has 0 aromatic carbocycles. The summed E-state index contributed by atoms with van der Waals surface area (Å²) in [6, 6.07) is -0.0119. The van der Waals surface area contributed by atoms with Gasteiger partial charge in [0.1, 0.15) is 6.10 Å². The Kier molecular flexibility index (Phi) is 10.3. The lowest BCUT2D eigenvalue weighted by Gasteiger charge is -2.73. The highest BCUT2D eigenvalue weighted by Crippen LogP contribution is 2.77. The number of carboxylic acid groups (broad SMARTS) is 1. The van der Waals surface area contributed by atoms with E-state index in [1.54, 1.807) is 13.8 Å². The molecule has 1 heterocycles. The first-order valence-electron chi connectivity index (χ1n) is 22.2. The molecule has 56 heavy (non-hydrogen) atoms. The smallest absolute Gasteiger partial charge is 0.309 e. The van der Waals surface area contributed by atoms with E-state index in [1.807, 2.05) is 4.90 Å². The topological polar surface area (TPSA) is 122 Å². The third-order valence-corrected chi connectivity index (χ3v) is 19.1. The second-order valence-electron chi connectivity index (χ2n) is 22.6. The summed E-state index contributed by atoms with van der Waals surface area (Å²) in [5.74, 6) is 0.907. The molecule has 0 radical (unpaired) electrons. The van der Waals surface area contributed by atoms with E-state index in [0.29, 0.717) is 56.4 Å². The molecule has 7 rings (SSSR count). The zero-order chi connectivity index (χ0) is 41.0. The van der Waals surface area contributed by atoms with Crippen molar-refractivity contribution in [2.75, 3.05) is 26.3 Å². The zero-order valence-electron chi connectivity index (χ0n) is 36.5. The summed E-state index contributed by atoms with van der Waals surface area (Å²) >= 11 is 0. The van der Waals surface area contributed by atoms with E-state index in [1.165, 1.54) is 5.57 Å². The van der Waals surface area contributed by atoms with Crippen molar-refractivity contribution in [1.82, 2.24) is 10.2 Å². The Bertz CT molecular complexity index is 1630. The first-order valence-corrected chi connectivity index (χ1v) is 22.2. The zero-order valence-corrected chi connectivity index (χ0v) is 36.5. The van der Waals surface area contributed by atoms with Gasteiger partial charge in [-0.05, 0) is 143 Å². The number of hydrogen-bond acceptors (Lipinski definition) is 6. The van der Waals surface area contributed by atoms with Crippen LogP contribution in [0.15, 0.2) is 12.2 Å². The Morgan fingerprint density at radius 2 is 1.52 bits per heavy atom. The molecule has 9 heteroatoms. The summed E-state index contributed by atoms with van der Waals surface area (Å²) in [5, 5.41) is 13.3. The van der Waals surface area contributed by atoms with Crippen LogP contribution in [0.25, 0.3) is 0 Å². The van der Waals surface area contributed by atoms with Gasteiger partial charge in [-0.2, -0.15) is 0 Å². The Morgan fingerprint density at radius 3 is 2.14 bits per heavy atom. The van der Waals surface area contributed by atoms with Crippen LogP contribution in [0.4, 0.5) is 0 Å². The van der Waals surface area contributed by atoms with Gasteiger partial charge in [-0.15, -0.1) is 0 Å². The van der Waals surface area contributed by atoms with Crippen LogP contribution in [0.2, 0.25) is 0 Å². The monoisotopic (exact) mass is 779 g/mol. The van der Waals surface area contributed by atoms with E-state index in [9.17, 15) is 24.3 Å². The fraction of sp³-hybridized carbons (Fsp3) is 0.872. The van der Waals surface area contributed by atoms with Crippen molar-refractivity contribution in [3.63, 3.8) is 0 Å². The van der Waals surface area contributed by atoms with E-state index in [0.717, 1.165) is 64.2 Å². The van der Waals surface area contributed by atoms with E-state index >= 15 is 0 Å². The van der Waals surface area contributed by atoms with Crippen LogP contribution in [-0.2, 0) is 28.7 Å². The van der Waals surface area contributed by atoms with Gasteiger partial charge in [-0.1, -0.05) is 60.6 Å². The van der Waals surface area contributed by atoms with Crippen molar-refractivity contribution >= 4 is 23.8 Å². The summed E-state index contributed by atoms with van der Waals surface area (Å²) in [6.07, 6.45) is 10.5. The molecule has 6 saturated carbocycles. The minimum Gasteiger partial charge on any atom is -0.481 e. The van der Waals surface area contributed by atoms with Crippen LogP contribution in [0.3, 0.4) is 0 Å². The normalized spacial score (nSPS) is 43.8. The third kappa shape index (κ3) is 6.06. The SMILES string of the molecule is C=C(C)C1CCC2(C(=O)NC3CC(C(=O)N4CCOCC4)C3(C)C)CCC3(C)C(CCC4C5(C)CCC(OC(=O)CC(C)(C)C(=O)O)C(C)(C)C5CCC43C)C12. The predicted molar refractivity (Wildman–Crippen MR) is 216 cm³/mol. The van der Waals surface area contributed by atoms with Gasteiger partial charge in [0.05, 0.1) is 30.5 Å². The van der Waals surface area contributed by atoms with Gasteiger partial charge >= 0.3 is 11.9 Å². The van der Waals surface area contributed by atoms with Crippen LogP contribution in [-0.4, -0.2) is 72.2 Å². The first kappa shape index (κ1) is 41.7. The van der Waals surface area contributed by atoms with Gasteiger partial charge in [0.2, 0.25) is 11.8 Å². The van der Waals surface area contributed by atoms with E-state index in [4.69, 9.17) is 9.47 Å². The third-order valence-electron chi connectivity index (χ3n) is 19.1. The highest BCUT2D eigenvalue weighted by atomic mass is 16.5. The molecule has 2 N–H and O–H groups in total. The number of esters is 1. The summed E-state index contributed by atoms with van der Waals surface area (Å²) in [4.78, 5) is 55.4. The maximum atomic E-state index is 15.0. The molecule has 0 aromatic rings. The number of aliphatic carboxylic acids is 1. The van der Waals surface area contributed by atoms with Crippen molar-refractivity contribution in [3.05, 3.63) is 12.2 Å². The van der Waals surface area contributed by atoms with Gasteiger partial charge in [0.25, 0.3) is 0 Å². The van der Waals surface area contributed by atoms with E-state index < -0.39 is 22.8 Å². The number of fused-ring (bicyclic) bond motifs is 7. The molecular formula is C47H74N2O7. The standard InChI is InChI=1S/C47H74N2O7/c1-28(2)29-14-19-47(39(52)48-34-26-31(42(34,5)6)38(51)49-22-24-55-25-23-49)21-20-45(10)30(37(29)47)12-13-33-44(9)17-16-35(56-36(50)27-41(3,4)40(53)54)43(7,8)32(44)15-18-46(33,45)11/h29-35,37H,1,12-27H2,2-11H3,(H,48,52)(H,53,54). The molecule has 7 aliphatic rings. The highest BCUT2D eigenvalue weighted by molar-refractivity contribution is 5.86. The summed E-state index contributed by atoms with van der Waals surface area (Å²) in [6.45, 7) is 29.1. The predicted octanol–water partition coefficient (Wildman–Crippen LogP) is 8.45. The molecule has 0 bridgehead atoms. The number of morpholine rings is 1. The molecule has 0 aromatic heterocycles. The maximum Gasteiger partial charge on any atom is 0.309 e. The first-order chi connectivity index (χ1) is 26.0. The van der Waals surface area contributed by atoms with Crippen LogP contribution < -0.4 is 5.32 Å². The molecule has 1 saturated heterocycles. The number of rotatable bonds is 8.